The number of fused-ring (bicyclic) bond motifs is 2. The van der Waals surface area contributed by atoms with Crippen molar-refractivity contribution in [2.75, 3.05) is 39.4 Å². The van der Waals surface area contributed by atoms with Crippen molar-refractivity contribution < 1.29 is 13.2 Å². The first-order valence-corrected chi connectivity index (χ1v) is 11.6. The molecule has 0 amide bonds. The minimum absolute atomic E-state index is 0.00562. The Morgan fingerprint density at radius 1 is 1.08 bits per heavy atom. The van der Waals surface area contributed by atoms with Crippen LogP contribution < -0.4 is 0 Å². The van der Waals surface area contributed by atoms with Crippen LogP contribution in [0.1, 0.15) is 24.8 Å². The number of hydrogen-bond donors (Lipinski definition) is 0. The van der Waals surface area contributed by atoms with Crippen LogP contribution in [0.15, 0.2) is 24.3 Å². The van der Waals surface area contributed by atoms with E-state index in [2.05, 4.69) is 4.90 Å². The molecule has 1 unspecified atom stereocenters. The lowest BCUT2D eigenvalue weighted by Gasteiger charge is -2.51. The molecular formula is C19H27ClN2O3S. The predicted molar refractivity (Wildman–Crippen MR) is 103 cm³/mol. The molecule has 2 bridgehead atoms. The molecule has 2 aliphatic heterocycles. The fourth-order valence-corrected chi connectivity index (χ4v) is 6.91. The number of nitrogens with zero attached hydrogens (tertiary/aromatic N) is 2. The molecule has 5 nitrogen and oxygen atoms in total. The molecule has 2 saturated heterocycles. The highest BCUT2D eigenvalue weighted by Crippen LogP contribution is 2.39. The fraction of sp³-hybridized carbons (Fsp3) is 0.684. The van der Waals surface area contributed by atoms with Gasteiger partial charge in [-0.25, -0.2) is 12.7 Å². The zero-order valence-corrected chi connectivity index (χ0v) is 16.6. The van der Waals surface area contributed by atoms with Crippen molar-refractivity contribution in [2.45, 2.75) is 31.1 Å². The van der Waals surface area contributed by atoms with E-state index in [4.69, 9.17) is 16.3 Å². The Labute approximate surface area is 161 Å². The largest absolute Gasteiger partial charge is 0.379 e. The Morgan fingerprint density at radius 3 is 2.38 bits per heavy atom. The second-order valence-corrected chi connectivity index (χ2v) is 10.1. The summed E-state index contributed by atoms with van der Waals surface area (Å²) in [7, 11) is -3.35. The third kappa shape index (κ3) is 3.80. The number of benzene rings is 1. The maximum absolute atomic E-state index is 13.1. The van der Waals surface area contributed by atoms with E-state index in [9.17, 15) is 8.42 Å². The number of ether oxygens (including phenoxy) is 1. The molecule has 4 rings (SSSR count). The van der Waals surface area contributed by atoms with Gasteiger partial charge < -0.3 is 4.74 Å². The highest BCUT2D eigenvalue weighted by atomic mass is 35.5. The van der Waals surface area contributed by atoms with Crippen LogP contribution in [0.2, 0.25) is 5.02 Å². The molecule has 0 spiro atoms. The van der Waals surface area contributed by atoms with Crippen LogP contribution in [0.4, 0.5) is 0 Å². The van der Waals surface area contributed by atoms with Gasteiger partial charge in [0, 0.05) is 37.2 Å². The number of sulfonamides is 1. The molecule has 144 valence electrons. The Kier molecular flexibility index (Phi) is 5.58. The quantitative estimate of drug-likeness (QED) is 0.782. The lowest BCUT2D eigenvalue weighted by Crippen LogP contribution is -2.61. The van der Waals surface area contributed by atoms with Crippen LogP contribution >= 0.6 is 11.6 Å². The van der Waals surface area contributed by atoms with E-state index >= 15 is 0 Å². The molecule has 26 heavy (non-hydrogen) atoms. The minimum atomic E-state index is -3.35. The van der Waals surface area contributed by atoms with E-state index in [1.54, 1.807) is 16.4 Å². The molecule has 3 fully saturated rings. The third-order valence-corrected chi connectivity index (χ3v) is 8.28. The van der Waals surface area contributed by atoms with Gasteiger partial charge in [0.15, 0.2) is 0 Å². The van der Waals surface area contributed by atoms with Gasteiger partial charge in [0.25, 0.3) is 0 Å². The zero-order chi connectivity index (χ0) is 18.1. The second-order valence-electron chi connectivity index (χ2n) is 7.75. The van der Waals surface area contributed by atoms with Crippen molar-refractivity contribution >= 4 is 21.6 Å². The monoisotopic (exact) mass is 398 g/mol. The van der Waals surface area contributed by atoms with E-state index in [0.29, 0.717) is 41.6 Å². The van der Waals surface area contributed by atoms with Crippen LogP contribution in [0.5, 0.6) is 0 Å². The average Bonchev–Trinajstić information content (AvgIpc) is 2.63. The summed E-state index contributed by atoms with van der Waals surface area (Å²) >= 11 is 6.19. The second kappa shape index (κ2) is 7.76. The Bertz CT molecular complexity index is 722. The Hall–Kier alpha value is -0.660. The van der Waals surface area contributed by atoms with Gasteiger partial charge in [-0.15, -0.1) is 0 Å². The van der Waals surface area contributed by atoms with Crippen molar-refractivity contribution in [2.24, 2.45) is 11.8 Å². The topological polar surface area (TPSA) is 49.9 Å². The predicted octanol–water partition coefficient (Wildman–Crippen LogP) is 2.60. The summed E-state index contributed by atoms with van der Waals surface area (Å²) in [5.41, 5.74) is 0.689. The number of morpholine rings is 1. The SMILES string of the molecule is O=S(=O)(Cc1ccccc1Cl)N1C[C@H]2CCC[C@@H](C1)C2N1CCOCC1. The normalized spacial score (nSPS) is 31.0. The number of rotatable bonds is 4. The van der Waals surface area contributed by atoms with Gasteiger partial charge in [-0.1, -0.05) is 36.2 Å². The van der Waals surface area contributed by atoms with Crippen molar-refractivity contribution in [1.29, 1.82) is 0 Å². The summed E-state index contributed by atoms with van der Waals surface area (Å²) in [6.45, 7) is 4.83. The van der Waals surface area contributed by atoms with Gasteiger partial charge in [-0.2, -0.15) is 0 Å². The number of piperidine rings is 1. The van der Waals surface area contributed by atoms with Crippen LogP contribution in [0, 0.1) is 11.8 Å². The van der Waals surface area contributed by atoms with Crippen molar-refractivity contribution in [3.05, 3.63) is 34.9 Å². The van der Waals surface area contributed by atoms with E-state index in [0.717, 1.165) is 39.1 Å². The fourth-order valence-electron chi connectivity index (χ4n) is 4.97. The summed E-state index contributed by atoms with van der Waals surface area (Å²) in [4.78, 5) is 2.55. The van der Waals surface area contributed by atoms with Crippen LogP contribution in [-0.4, -0.2) is 63.1 Å². The Balaban J connectivity index is 1.50. The molecule has 1 aromatic carbocycles. The molecule has 3 atom stereocenters. The molecule has 1 saturated carbocycles. The van der Waals surface area contributed by atoms with Crippen LogP contribution in [0.3, 0.4) is 0 Å². The van der Waals surface area contributed by atoms with Crippen molar-refractivity contribution in [3.63, 3.8) is 0 Å². The molecular weight excluding hydrogens is 372 g/mol. The molecule has 0 radical (unpaired) electrons. The van der Waals surface area contributed by atoms with E-state index in [-0.39, 0.29) is 5.75 Å². The summed E-state index contributed by atoms with van der Waals surface area (Å²) in [6.07, 6.45) is 3.46. The molecule has 7 heteroatoms. The van der Waals surface area contributed by atoms with Crippen molar-refractivity contribution in [3.8, 4) is 0 Å². The van der Waals surface area contributed by atoms with Gasteiger partial charge in [-0.3, -0.25) is 4.90 Å². The Morgan fingerprint density at radius 2 is 1.73 bits per heavy atom. The van der Waals surface area contributed by atoms with E-state index in [1.165, 1.54) is 6.42 Å². The van der Waals surface area contributed by atoms with Crippen molar-refractivity contribution in [1.82, 2.24) is 9.21 Å². The maximum Gasteiger partial charge on any atom is 0.218 e. The number of halogens is 1. The lowest BCUT2D eigenvalue weighted by atomic mass is 9.73. The third-order valence-electron chi connectivity index (χ3n) is 6.15. The van der Waals surface area contributed by atoms with E-state index in [1.807, 2.05) is 12.1 Å². The smallest absolute Gasteiger partial charge is 0.218 e. The molecule has 1 aliphatic carbocycles. The average molecular weight is 399 g/mol. The van der Waals surface area contributed by atoms with Crippen LogP contribution in [0.25, 0.3) is 0 Å². The van der Waals surface area contributed by atoms with Gasteiger partial charge in [0.2, 0.25) is 10.0 Å². The first kappa shape index (κ1) is 18.7. The first-order chi connectivity index (χ1) is 12.5. The summed E-state index contributed by atoms with van der Waals surface area (Å²) in [6, 6.07) is 7.75. The minimum Gasteiger partial charge on any atom is -0.379 e. The molecule has 3 aliphatic rings. The van der Waals surface area contributed by atoms with Gasteiger partial charge in [0.1, 0.15) is 0 Å². The first-order valence-electron chi connectivity index (χ1n) is 9.57. The van der Waals surface area contributed by atoms with Gasteiger partial charge >= 0.3 is 0 Å². The molecule has 1 aromatic rings. The number of hydrogen-bond acceptors (Lipinski definition) is 4. The molecule has 2 heterocycles. The highest BCUT2D eigenvalue weighted by Gasteiger charge is 2.45. The summed E-state index contributed by atoms with van der Waals surface area (Å²) in [5, 5.41) is 0.527. The molecule has 0 N–H and O–H groups in total. The van der Waals surface area contributed by atoms with Gasteiger partial charge in [0.05, 0.1) is 19.0 Å². The highest BCUT2D eigenvalue weighted by molar-refractivity contribution is 7.88. The zero-order valence-electron chi connectivity index (χ0n) is 15.0. The summed E-state index contributed by atoms with van der Waals surface area (Å²) < 4.78 is 33.4. The molecule has 0 aromatic heterocycles. The standard InChI is InChI=1S/C19H27ClN2O3S/c20-18-7-2-1-4-17(18)14-26(23,24)22-12-15-5-3-6-16(13-22)19(15)21-8-10-25-11-9-21/h1-2,4,7,15-16,19H,3,5-6,8-14H2/t15-,16+,19?. The summed E-state index contributed by atoms with van der Waals surface area (Å²) in [5.74, 6) is 0.858. The lowest BCUT2D eigenvalue weighted by molar-refractivity contribution is -0.0480. The van der Waals surface area contributed by atoms with Crippen LogP contribution in [-0.2, 0) is 20.5 Å². The van der Waals surface area contributed by atoms with Gasteiger partial charge in [-0.05, 0) is 36.3 Å². The maximum atomic E-state index is 13.1. The van der Waals surface area contributed by atoms with E-state index < -0.39 is 10.0 Å².